The second-order valence-corrected chi connectivity index (χ2v) is 7.98. The Kier molecular flexibility index (Phi) is 10.4. The quantitative estimate of drug-likeness (QED) is 0.350. The highest BCUT2D eigenvalue weighted by atomic mass is 19.1. The van der Waals surface area contributed by atoms with Gasteiger partial charge in [0.15, 0.2) is 5.78 Å². The van der Waals surface area contributed by atoms with Crippen LogP contribution in [-0.2, 0) is 22.4 Å². The smallest absolute Gasteiger partial charge is 0.220 e. The second-order valence-electron chi connectivity index (χ2n) is 7.98. The Morgan fingerprint density at radius 1 is 0.969 bits per heavy atom. The lowest BCUT2D eigenvalue weighted by Crippen LogP contribution is -2.42. The summed E-state index contributed by atoms with van der Waals surface area (Å²) in [6.07, 6.45) is 0.490. The third-order valence-electron chi connectivity index (χ3n) is 5.18. The lowest BCUT2D eigenvalue weighted by Gasteiger charge is -2.18. The minimum atomic E-state index is -1.25. The van der Waals surface area contributed by atoms with E-state index in [-0.39, 0.29) is 43.1 Å². The molecule has 1 unspecified atom stereocenters. The van der Waals surface area contributed by atoms with Crippen LogP contribution in [0.1, 0.15) is 36.8 Å². The number of rotatable bonds is 13. The third-order valence-corrected chi connectivity index (χ3v) is 5.18. The van der Waals surface area contributed by atoms with E-state index in [2.05, 4.69) is 5.32 Å². The summed E-state index contributed by atoms with van der Waals surface area (Å²) in [6.45, 7) is 0.126. The zero-order valence-corrected chi connectivity index (χ0v) is 18.0. The fourth-order valence-electron chi connectivity index (χ4n) is 3.36. The Balaban J connectivity index is 1.61. The summed E-state index contributed by atoms with van der Waals surface area (Å²) in [4.78, 5) is 24.1. The van der Waals surface area contributed by atoms with E-state index in [0.717, 1.165) is 23.8 Å². The maximum absolute atomic E-state index is 13.7. The van der Waals surface area contributed by atoms with Crippen LogP contribution in [0.15, 0.2) is 48.5 Å². The van der Waals surface area contributed by atoms with E-state index in [1.807, 2.05) is 30.3 Å². The molecule has 2 aromatic rings. The number of benzene rings is 2. The lowest BCUT2D eigenvalue weighted by atomic mass is 9.97. The maximum Gasteiger partial charge on any atom is 0.220 e. The molecule has 174 valence electrons. The number of unbranched alkanes of at least 4 members (excludes halogenated alkanes) is 1. The standard InChI is InChI=1S/C24H31F2N3O3/c25-18-10-11-20(26)17(13-18)14-19(27)15-29-23(31)9-5-4-8-22(30)24(32)21(28)12-16-6-2-1-3-7-16/h1-3,6-7,10-11,13,19,21,24,32H,4-5,8-9,12,14-15,27-28H2,(H,29,31)/t19?,21-,24+/m1/s1. The molecule has 0 fully saturated rings. The van der Waals surface area contributed by atoms with Crippen molar-refractivity contribution in [3.63, 3.8) is 0 Å². The predicted molar refractivity (Wildman–Crippen MR) is 119 cm³/mol. The number of Topliss-reactive ketones (excluding diaryl/α,β-unsaturated/α-hetero) is 1. The average Bonchev–Trinajstić information content (AvgIpc) is 2.77. The summed E-state index contributed by atoms with van der Waals surface area (Å²) >= 11 is 0. The molecule has 0 aromatic heterocycles. The summed E-state index contributed by atoms with van der Waals surface area (Å²) in [5, 5.41) is 12.8. The first-order chi connectivity index (χ1) is 15.3. The van der Waals surface area contributed by atoms with Gasteiger partial charge in [-0.25, -0.2) is 8.78 Å². The van der Waals surface area contributed by atoms with Crippen molar-refractivity contribution >= 4 is 11.7 Å². The van der Waals surface area contributed by atoms with Gasteiger partial charge < -0.3 is 21.9 Å². The van der Waals surface area contributed by atoms with E-state index < -0.39 is 29.8 Å². The molecule has 0 aliphatic heterocycles. The molecule has 1 amide bonds. The molecule has 6 N–H and O–H groups in total. The number of aliphatic hydroxyl groups is 1. The van der Waals surface area contributed by atoms with E-state index in [0.29, 0.717) is 19.3 Å². The molecule has 0 saturated carbocycles. The van der Waals surface area contributed by atoms with Crippen LogP contribution in [-0.4, -0.2) is 41.5 Å². The monoisotopic (exact) mass is 447 g/mol. The minimum absolute atomic E-state index is 0.0967. The molecular formula is C24H31F2N3O3. The zero-order chi connectivity index (χ0) is 23.5. The minimum Gasteiger partial charge on any atom is -0.384 e. The Morgan fingerprint density at radius 2 is 1.66 bits per heavy atom. The number of hydrogen-bond acceptors (Lipinski definition) is 5. The molecule has 2 aromatic carbocycles. The largest absolute Gasteiger partial charge is 0.384 e. The molecule has 0 spiro atoms. The molecule has 6 nitrogen and oxygen atoms in total. The van der Waals surface area contributed by atoms with Crippen LogP contribution in [0.2, 0.25) is 0 Å². The van der Waals surface area contributed by atoms with Gasteiger partial charge in [-0.15, -0.1) is 0 Å². The maximum atomic E-state index is 13.7. The summed E-state index contributed by atoms with van der Waals surface area (Å²) in [6, 6.07) is 11.3. The number of nitrogens with one attached hydrogen (secondary N) is 1. The third kappa shape index (κ3) is 8.82. The highest BCUT2D eigenvalue weighted by Crippen LogP contribution is 2.12. The molecule has 3 atom stereocenters. The summed E-state index contributed by atoms with van der Waals surface area (Å²) in [7, 11) is 0. The summed E-state index contributed by atoms with van der Waals surface area (Å²) < 4.78 is 26.9. The molecule has 0 aliphatic carbocycles. The van der Waals surface area contributed by atoms with Crippen LogP contribution in [0.25, 0.3) is 0 Å². The van der Waals surface area contributed by atoms with Crippen molar-refractivity contribution in [2.45, 2.75) is 56.7 Å². The van der Waals surface area contributed by atoms with E-state index in [1.165, 1.54) is 0 Å². The van der Waals surface area contributed by atoms with Crippen LogP contribution in [0.5, 0.6) is 0 Å². The van der Waals surface area contributed by atoms with Crippen molar-refractivity contribution in [2.75, 3.05) is 6.54 Å². The van der Waals surface area contributed by atoms with Crippen molar-refractivity contribution in [2.24, 2.45) is 11.5 Å². The van der Waals surface area contributed by atoms with E-state index >= 15 is 0 Å². The van der Waals surface area contributed by atoms with Gasteiger partial charge >= 0.3 is 0 Å². The van der Waals surface area contributed by atoms with Gasteiger partial charge in [0.1, 0.15) is 17.7 Å². The molecule has 0 bridgehead atoms. The van der Waals surface area contributed by atoms with Crippen LogP contribution < -0.4 is 16.8 Å². The van der Waals surface area contributed by atoms with Crippen molar-refractivity contribution in [3.05, 3.63) is 71.3 Å². The molecule has 0 heterocycles. The van der Waals surface area contributed by atoms with E-state index in [1.54, 1.807) is 0 Å². The number of aliphatic hydroxyl groups excluding tert-OH is 1. The van der Waals surface area contributed by atoms with Gasteiger partial charge in [0.2, 0.25) is 5.91 Å². The van der Waals surface area contributed by atoms with Gasteiger partial charge in [-0.1, -0.05) is 30.3 Å². The SMILES string of the molecule is NC(CNC(=O)CCCCC(=O)[C@@H](O)[C@H](N)Cc1ccccc1)Cc1cc(F)ccc1F. The summed E-state index contributed by atoms with van der Waals surface area (Å²) in [5.41, 5.74) is 13.0. The number of ketones is 1. The van der Waals surface area contributed by atoms with Gasteiger partial charge in [-0.3, -0.25) is 9.59 Å². The lowest BCUT2D eigenvalue weighted by molar-refractivity contribution is -0.128. The number of amides is 1. The molecule has 0 aliphatic rings. The molecular weight excluding hydrogens is 416 g/mol. The van der Waals surface area contributed by atoms with E-state index in [4.69, 9.17) is 11.5 Å². The Labute approximate surface area is 187 Å². The Hall–Kier alpha value is -2.68. The first-order valence-electron chi connectivity index (χ1n) is 10.7. The number of halogens is 2. The molecule has 2 rings (SSSR count). The second kappa shape index (κ2) is 13.0. The van der Waals surface area contributed by atoms with Crippen LogP contribution in [0.3, 0.4) is 0 Å². The van der Waals surface area contributed by atoms with Crippen molar-refractivity contribution in [1.82, 2.24) is 5.32 Å². The van der Waals surface area contributed by atoms with Gasteiger partial charge in [-0.05, 0) is 55.0 Å². The average molecular weight is 448 g/mol. The van der Waals surface area contributed by atoms with Gasteiger partial charge in [0, 0.05) is 31.5 Å². The van der Waals surface area contributed by atoms with Crippen LogP contribution in [0, 0.1) is 11.6 Å². The first-order valence-corrected chi connectivity index (χ1v) is 10.7. The molecule has 8 heteroatoms. The van der Waals surface area contributed by atoms with Gasteiger partial charge in [0.05, 0.1) is 0 Å². The van der Waals surface area contributed by atoms with Crippen LogP contribution in [0.4, 0.5) is 8.78 Å². The zero-order valence-electron chi connectivity index (χ0n) is 18.0. The normalized spacial score (nSPS) is 13.9. The van der Waals surface area contributed by atoms with Crippen molar-refractivity contribution in [3.8, 4) is 0 Å². The molecule has 32 heavy (non-hydrogen) atoms. The predicted octanol–water partition coefficient (Wildman–Crippen LogP) is 2.01. The Morgan fingerprint density at radius 3 is 2.38 bits per heavy atom. The van der Waals surface area contributed by atoms with Gasteiger partial charge in [-0.2, -0.15) is 0 Å². The van der Waals surface area contributed by atoms with E-state index in [9.17, 15) is 23.5 Å². The fraction of sp³-hybridized carbons (Fsp3) is 0.417. The molecule has 0 radical (unpaired) electrons. The first kappa shape index (κ1) is 25.6. The number of hydrogen-bond donors (Lipinski definition) is 4. The highest BCUT2D eigenvalue weighted by molar-refractivity contribution is 5.83. The van der Waals surface area contributed by atoms with Gasteiger partial charge in [0.25, 0.3) is 0 Å². The Bertz CT molecular complexity index is 880. The number of carbonyl (C=O) groups is 2. The fourth-order valence-corrected chi connectivity index (χ4v) is 3.36. The van der Waals surface area contributed by atoms with Crippen molar-refractivity contribution < 1.29 is 23.5 Å². The number of nitrogens with two attached hydrogens (primary N) is 2. The number of carbonyl (C=O) groups excluding carboxylic acids is 2. The highest BCUT2D eigenvalue weighted by Gasteiger charge is 2.22. The van der Waals surface area contributed by atoms with Crippen molar-refractivity contribution in [1.29, 1.82) is 0 Å². The summed E-state index contributed by atoms with van der Waals surface area (Å²) in [5.74, 6) is -1.66. The van der Waals surface area contributed by atoms with Crippen LogP contribution >= 0.6 is 0 Å². The topological polar surface area (TPSA) is 118 Å². The molecule has 0 saturated heterocycles.